The number of fused-ring (bicyclic) bond motifs is 1. The molecule has 1 aliphatic rings. The van der Waals surface area contributed by atoms with Gasteiger partial charge in [0.15, 0.2) is 11.6 Å². The maximum atomic E-state index is 13.2. The smallest absolute Gasteiger partial charge is 0.222 e. The van der Waals surface area contributed by atoms with Crippen molar-refractivity contribution in [1.82, 2.24) is 5.32 Å². The van der Waals surface area contributed by atoms with E-state index in [-0.39, 0.29) is 29.9 Å². The van der Waals surface area contributed by atoms with Gasteiger partial charge in [0.1, 0.15) is 5.41 Å². The summed E-state index contributed by atoms with van der Waals surface area (Å²) in [7, 11) is 0. The largest absolute Gasteiger partial charge is 0.354 e. The zero-order chi connectivity index (χ0) is 17.3. The van der Waals surface area contributed by atoms with Gasteiger partial charge < -0.3 is 5.32 Å². The molecular formula is C20H19NO3. The first-order valence-electron chi connectivity index (χ1n) is 8.00. The molecule has 3 rings (SSSR count). The summed E-state index contributed by atoms with van der Waals surface area (Å²) in [5.41, 5.74) is -0.119. The van der Waals surface area contributed by atoms with Crippen LogP contribution in [0.2, 0.25) is 0 Å². The minimum absolute atomic E-state index is 0.0562. The van der Waals surface area contributed by atoms with Crippen LogP contribution >= 0.6 is 0 Å². The Morgan fingerprint density at radius 1 is 0.917 bits per heavy atom. The molecule has 0 spiro atoms. The van der Waals surface area contributed by atoms with Crippen LogP contribution in [-0.4, -0.2) is 23.5 Å². The van der Waals surface area contributed by atoms with Crippen molar-refractivity contribution in [2.75, 3.05) is 0 Å². The minimum atomic E-state index is -1.47. The molecule has 0 aliphatic heterocycles. The highest BCUT2D eigenvalue weighted by Gasteiger charge is 2.55. The highest BCUT2D eigenvalue weighted by atomic mass is 16.2. The molecule has 2 aromatic rings. The zero-order valence-electron chi connectivity index (χ0n) is 13.7. The molecule has 4 nitrogen and oxygen atoms in total. The van der Waals surface area contributed by atoms with E-state index >= 15 is 0 Å². The van der Waals surface area contributed by atoms with Crippen molar-refractivity contribution in [3.05, 3.63) is 71.3 Å². The van der Waals surface area contributed by atoms with Crippen molar-refractivity contribution < 1.29 is 14.4 Å². The number of rotatable bonds is 4. The molecule has 0 atom stereocenters. The van der Waals surface area contributed by atoms with E-state index in [1.54, 1.807) is 48.5 Å². The minimum Gasteiger partial charge on any atom is -0.354 e. The number of carbonyl (C=O) groups excluding carboxylic acids is 3. The normalized spacial score (nSPS) is 15.5. The predicted octanol–water partition coefficient (Wildman–Crippen LogP) is 2.92. The Balaban J connectivity index is 2.13. The molecule has 0 heterocycles. The second-order valence-corrected chi connectivity index (χ2v) is 6.37. The third-order valence-electron chi connectivity index (χ3n) is 4.33. The molecule has 2 aromatic carbocycles. The summed E-state index contributed by atoms with van der Waals surface area (Å²) < 4.78 is 0. The van der Waals surface area contributed by atoms with Crippen LogP contribution in [0.25, 0.3) is 0 Å². The fourth-order valence-corrected chi connectivity index (χ4v) is 3.30. The summed E-state index contributed by atoms with van der Waals surface area (Å²) in [6.45, 7) is 3.69. The Morgan fingerprint density at radius 3 is 1.92 bits per heavy atom. The van der Waals surface area contributed by atoms with E-state index in [4.69, 9.17) is 0 Å². The van der Waals surface area contributed by atoms with E-state index in [0.29, 0.717) is 16.7 Å². The zero-order valence-corrected chi connectivity index (χ0v) is 13.7. The van der Waals surface area contributed by atoms with Gasteiger partial charge in [-0.25, -0.2) is 0 Å². The van der Waals surface area contributed by atoms with Crippen molar-refractivity contribution in [2.24, 2.45) is 0 Å². The standard InChI is InChI=1S/C20H19NO3/c1-13(2)21-17(22)12-20(14-8-4-3-5-9-14)18(23)15-10-6-7-11-16(15)19(20)24/h3-11,13H,12H2,1-2H3,(H,21,22). The summed E-state index contributed by atoms with van der Waals surface area (Å²) in [5, 5.41) is 2.79. The molecule has 0 unspecified atom stereocenters. The van der Waals surface area contributed by atoms with Crippen LogP contribution in [-0.2, 0) is 10.2 Å². The molecule has 4 heteroatoms. The molecular weight excluding hydrogens is 302 g/mol. The summed E-state index contributed by atoms with van der Waals surface area (Å²) in [6.07, 6.45) is -0.179. The number of carbonyl (C=O) groups is 3. The average molecular weight is 321 g/mol. The Hall–Kier alpha value is -2.75. The highest BCUT2D eigenvalue weighted by Crippen LogP contribution is 2.42. The summed E-state index contributed by atoms with van der Waals surface area (Å²) in [6, 6.07) is 15.6. The lowest BCUT2D eigenvalue weighted by molar-refractivity contribution is -0.122. The number of hydrogen-bond acceptors (Lipinski definition) is 3. The number of amides is 1. The van der Waals surface area contributed by atoms with Gasteiger partial charge in [-0.1, -0.05) is 54.6 Å². The highest BCUT2D eigenvalue weighted by molar-refractivity contribution is 6.34. The first-order chi connectivity index (χ1) is 11.5. The van der Waals surface area contributed by atoms with E-state index in [1.807, 2.05) is 19.9 Å². The van der Waals surface area contributed by atoms with Gasteiger partial charge in [-0.05, 0) is 19.4 Å². The number of ketones is 2. The van der Waals surface area contributed by atoms with Crippen molar-refractivity contribution in [1.29, 1.82) is 0 Å². The Kier molecular flexibility index (Phi) is 4.06. The quantitative estimate of drug-likeness (QED) is 0.881. The van der Waals surface area contributed by atoms with Crippen molar-refractivity contribution in [2.45, 2.75) is 31.7 Å². The van der Waals surface area contributed by atoms with Crippen molar-refractivity contribution >= 4 is 17.5 Å². The third kappa shape index (κ3) is 2.44. The van der Waals surface area contributed by atoms with Gasteiger partial charge in [0.25, 0.3) is 0 Å². The van der Waals surface area contributed by atoms with E-state index in [1.165, 1.54) is 0 Å². The fraction of sp³-hybridized carbons (Fsp3) is 0.250. The average Bonchev–Trinajstić information content (AvgIpc) is 2.78. The fourth-order valence-electron chi connectivity index (χ4n) is 3.30. The third-order valence-corrected chi connectivity index (χ3v) is 4.33. The van der Waals surface area contributed by atoms with Crippen LogP contribution < -0.4 is 5.32 Å². The van der Waals surface area contributed by atoms with E-state index in [0.717, 1.165) is 0 Å². The SMILES string of the molecule is CC(C)NC(=O)CC1(c2ccccc2)C(=O)c2ccccc2C1=O. The molecule has 24 heavy (non-hydrogen) atoms. The number of hydrogen-bond donors (Lipinski definition) is 1. The topological polar surface area (TPSA) is 63.2 Å². The van der Waals surface area contributed by atoms with Crippen molar-refractivity contribution in [3.63, 3.8) is 0 Å². The Labute approximate surface area is 140 Å². The van der Waals surface area contributed by atoms with Crippen LogP contribution in [0.15, 0.2) is 54.6 Å². The van der Waals surface area contributed by atoms with Gasteiger partial charge >= 0.3 is 0 Å². The van der Waals surface area contributed by atoms with Crippen LogP contribution in [0.1, 0.15) is 46.5 Å². The van der Waals surface area contributed by atoms with E-state index < -0.39 is 5.41 Å². The van der Waals surface area contributed by atoms with Crippen molar-refractivity contribution in [3.8, 4) is 0 Å². The Bertz CT molecular complexity index is 774. The molecule has 1 aliphatic carbocycles. The van der Waals surface area contributed by atoms with Gasteiger partial charge in [-0.2, -0.15) is 0 Å². The van der Waals surface area contributed by atoms with Crippen LogP contribution in [0.5, 0.6) is 0 Å². The Morgan fingerprint density at radius 2 is 1.42 bits per heavy atom. The molecule has 1 amide bonds. The first kappa shape index (κ1) is 16.1. The first-order valence-corrected chi connectivity index (χ1v) is 8.00. The second-order valence-electron chi connectivity index (χ2n) is 6.37. The van der Waals surface area contributed by atoms with Gasteiger partial charge in [-0.3, -0.25) is 14.4 Å². The van der Waals surface area contributed by atoms with Gasteiger partial charge in [0, 0.05) is 17.2 Å². The molecule has 0 saturated heterocycles. The van der Waals surface area contributed by atoms with Crippen LogP contribution in [0, 0.1) is 0 Å². The van der Waals surface area contributed by atoms with E-state index in [9.17, 15) is 14.4 Å². The number of benzene rings is 2. The van der Waals surface area contributed by atoms with Gasteiger partial charge in [0.05, 0.1) is 6.42 Å². The molecule has 0 fully saturated rings. The maximum absolute atomic E-state index is 13.2. The monoisotopic (exact) mass is 321 g/mol. The number of nitrogens with one attached hydrogen (secondary N) is 1. The second kappa shape index (κ2) is 6.04. The molecule has 1 N–H and O–H groups in total. The maximum Gasteiger partial charge on any atom is 0.222 e. The predicted molar refractivity (Wildman–Crippen MR) is 91.1 cm³/mol. The molecule has 0 aromatic heterocycles. The lowest BCUT2D eigenvalue weighted by Gasteiger charge is -2.26. The van der Waals surface area contributed by atoms with Crippen LogP contribution in [0.4, 0.5) is 0 Å². The summed E-state index contributed by atoms with van der Waals surface area (Å²) in [5.74, 6) is -0.898. The van der Waals surface area contributed by atoms with Gasteiger partial charge in [0.2, 0.25) is 5.91 Å². The molecule has 0 radical (unpaired) electrons. The van der Waals surface area contributed by atoms with Gasteiger partial charge in [-0.15, -0.1) is 0 Å². The molecule has 0 bridgehead atoms. The summed E-state index contributed by atoms with van der Waals surface area (Å²) >= 11 is 0. The molecule has 0 saturated carbocycles. The number of Topliss-reactive ketones (excluding diaryl/α,β-unsaturated/α-hetero) is 2. The lowest BCUT2D eigenvalue weighted by Crippen LogP contribution is -2.44. The van der Waals surface area contributed by atoms with Crippen LogP contribution in [0.3, 0.4) is 0 Å². The van der Waals surface area contributed by atoms with E-state index in [2.05, 4.69) is 5.32 Å². The molecule has 122 valence electrons. The summed E-state index contributed by atoms with van der Waals surface area (Å²) in [4.78, 5) is 38.7. The lowest BCUT2D eigenvalue weighted by atomic mass is 9.73.